The third-order valence-corrected chi connectivity index (χ3v) is 2.22. The Morgan fingerprint density at radius 2 is 1.75 bits per heavy atom. The van der Waals surface area contributed by atoms with E-state index < -0.39 is 11.6 Å². The van der Waals surface area contributed by atoms with Gasteiger partial charge in [-0.3, -0.25) is 0 Å². The topological polar surface area (TPSA) is 15.3 Å². The Kier molecular flexibility index (Phi) is 4.83. The second-order valence-electron chi connectivity index (χ2n) is 4.32. The van der Waals surface area contributed by atoms with E-state index in [0.717, 1.165) is 12.6 Å². The van der Waals surface area contributed by atoms with Crippen LogP contribution >= 0.6 is 0 Å². The van der Waals surface area contributed by atoms with Gasteiger partial charge >= 0.3 is 0 Å². The van der Waals surface area contributed by atoms with Crippen molar-refractivity contribution in [3.05, 3.63) is 35.4 Å². The Balaban J connectivity index is 2.48. The molecular weight excluding hydrogens is 210 g/mol. The van der Waals surface area contributed by atoms with Crippen molar-refractivity contribution in [2.75, 3.05) is 20.6 Å². The van der Waals surface area contributed by atoms with Gasteiger partial charge in [-0.25, -0.2) is 8.78 Å². The zero-order valence-corrected chi connectivity index (χ0v) is 9.93. The summed E-state index contributed by atoms with van der Waals surface area (Å²) in [6.07, 6.45) is 0. The Labute approximate surface area is 95.3 Å². The standard InChI is InChI=1S/C12H18F2N2/c1-9(8-16(2)3)15-7-10-4-11(13)6-12(14)5-10/h4-6,9,15H,7-8H2,1-3H3. The Morgan fingerprint density at radius 1 is 1.19 bits per heavy atom. The summed E-state index contributed by atoms with van der Waals surface area (Å²) in [5.74, 6) is -1.06. The Morgan fingerprint density at radius 3 is 2.25 bits per heavy atom. The summed E-state index contributed by atoms with van der Waals surface area (Å²) in [6.45, 7) is 3.40. The van der Waals surface area contributed by atoms with Crippen LogP contribution in [-0.4, -0.2) is 31.6 Å². The van der Waals surface area contributed by atoms with E-state index in [1.54, 1.807) is 0 Å². The van der Waals surface area contributed by atoms with Crippen molar-refractivity contribution in [1.82, 2.24) is 10.2 Å². The predicted octanol–water partition coefficient (Wildman–Crippen LogP) is 2.00. The zero-order valence-electron chi connectivity index (χ0n) is 9.93. The molecule has 0 fully saturated rings. The summed E-state index contributed by atoms with van der Waals surface area (Å²) >= 11 is 0. The average Bonchev–Trinajstić information content (AvgIpc) is 2.12. The summed E-state index contributed by atoms with van der Waals surface area (Å²) in [4.78, 5) is 2.06. The van der Waals surface area contributed by atoms with Crippen molar-refractivity contribution in [3.8, 4) is 0 Å². The SMILES string of the molecule is CC(CN(C)C)NCc1cc(F)cc(F)c1. The maximum absolute atomic E-state index is 12.9. The highest BCUT2D eigenvalue weighted by molar-refractivity contribution is 5.17. The highest BCUT2D eigenvalue weighted by atomic mass is 19.1. The summed E-state index contributed by atoms with van der Waals surface area (Å²) in [5, 5.41) is 3.21. The molecule has 0 spiro atoms. The largest absolute Gasteiger partial charge is 0.309 e. The van der Waals surface area contributed by atoms with Gasteiger partial charge in [0, 0.05) is 25.2 Å². The van der Waals surface area contributed by atoms with Crippen molar-refractivity contribution in [1.29, 1.82) is 0 Å². The molecule has 1 N–H and O–H groups in total. The van der Waals surface area contributed by atoms with E-state index in [0.29, 0.717) is 12.1 Å². The highest BCUT2D eigenvalue weighted by Crippen LogP contribution is 2.07. The van der Waals surface area contributed by atoms with Gasteiger partial charge in [0.1, 0.15) is 11.6 Å². The van der Waals surface area contributed by atoms with Crippen molar-refractivity contribution in [2.24, 2.45) is 0 Å². The van der Waals surface area contributed by atoms with Gasteiger partial charge in [-0.1, -0.05) is 0 Å². The number of rotatable bonds is 5. The van der Waals surface area contributed by atoms with E-state index in [1.807, 2.05) is 21.0 Å². The molecule has 0 aliphatic heterocycles. The fraction of sp³-hybridized carbons (Fsp3) is 0.500. The summed E-state index contributed by atoms with van der Waals surface area (Å²) in [6, 6.07) is 3.85. The number of hydrogen-bond acceptors (Lipinski definition) is 2. The van der Waals surface area contributed by atoms with Gasteiger partial charge in [-0.2, -0.15) is 0 Å². The van der Waals surface area contributed by atoms with E-state index in [4.69, 9.17) is 0 Å². The first-order valence-corrected chi connectivity index (χ1v) is 5.30. The van der Waals surface area contributed by atoms with Crippen LogP contribution in [0, 0.1) is 11.6 Å². The van der Waals surface area contributed by atoms with Crippen LogP contribution in [0.2, 0.25) is 0 Å². The predicted molar refractivity (Wildman–Crippen MR) is 61.2 cm³/mol. The van der Waals surface area contributed by atoms with Crippen molar-refractivity contribution in [2.45, 2.75) is 19.5 Å². The van der Waals surface area contributed by atoms with Crippen LogP contribution in [0.1, 0.15) is 12.5 Å². The number of hydrogen-bond donors (Lipinski definition) is 1. The lowest BCUT2D eigenvalue weighted by atomic mass is 10.2. The number of benzene rings is 1. The molecule has 0 aromatic heterocycles. The van der Waals surface area contributed by atoms with Crippen LogP contribution in [0.15, 0.2) is 18.2 Å². The molecule has 0 bridgehead atoms. The van der Waals surface area contributed by atoms with Crippen LogP contribution in [0.3, 0.4) is 0 Å². The number of likely N-dealkylation sites (N-methyl/N-ethyl adjacent to an activating group) is 1. The van der Waals surface area contributed by atoms with Gasteiger partial charge in [0.15, 0.2) is 0 Å². The normalized spacial score (nSPS) is 13.1. The molecule has 0 heterocycles. The van der Waals surface area contributed by atoms with Crippen LogP contribution in [0.25, 0.3) is 0 Å². The zero-order chi connectivity index (χ0) is 12.1. The molecular formula is C12H18F2N2. The first kappa shape index (κ1) is 13.1. The second-order valence-corrected chi connectivity index (χ2v) is 4.32. The lowest BCUT2D eigenvalue weighted by molar-refractivity contribution is 0.349. The van der Waals surface area contributed by atoms with Gasteiger partial charge < -0.3 is 10.2 Å². The Bertz CT molecular complexity index is 320. The van der Waals surface area contributed by atoms with Gasteiger partial charge in [-0.05, 0) is 38.7 Å². The molecule has 0 aliphatic carbocycles. The first-order valence-electron chi connectivity index (χ1n) is 5.30. The molecule has 90 valence electrons. The number of nitrogens with one attached hydrogen (secondary N) is 1. The average molecular weight is 228 g/mol. The van der Waals surface area contributed by atoms with E-state index in [1.165, 1.54) is 12.1 Å². The maximum Gasteiger partial charge on any atom is 0.126 e. The minimum Gasteiger partial charge on any atom is -0.309 e. The molecule has 2 nitrogen and oxygen atoms in total. The second kappa shape index (κ2) is 5.92. The monoisotopic (exact) mass is 228 g/mol. The van der Waals surface area contributed by atoms with Crippen LogP contribution in [0.4, 0.5) is 8.78 Å². The lowest BCUT2D eigenvalue weighted by Crippen LogP contribution is -2.35. The van der Waals surface area contributed by atoms with Gasteiger partial charge in [0.2, 0.25) is 0 Å². The third kappa shape index (κ3) is 4.68. The van der Waals surface area contributed by atoms with Crippen LogP contribution in [0.5, 0.6) is 0 Å². The molecule has 16 heavy (non-hydrogen) atoms. The van der Waals surface area contributed by atoms with E-state index >= 15 is 0 Å². The summed E-state index contributed by atoms with van der Waals surface area (Å²) < 4.78 is 25.8. The van der Waals surface area contributed by atoms with Crippen molar-refractivity contribution >= 4 is 0 Å². The van der Waals surface area contributed by atoms with Crippen LogP contribution < -0.4 is 5.32 Å². The molecule has 0 saturated heterocycles. The molecule has 1 atom stereocenters. The minimum atomic E-state index is -0.530. The molecule has 0 amide bonds. The van der Waals surface area contributed by atoms with Gasteiger partial charge in [0.05, 0.1) is 0 Å². The lowest BCUT2D eigenvalue weighted by Gasteiger charge is -2.18. The fourth-order valence-corrected chi connectivity index (χ4v) is 1.62. The van der Waals surface area contributed by atoms with Crippen molar-refractivity contribution < 1.29 is 8.78 Å². The van der Waals surface area contributed by atoms with Crippen LogP contribution in [-0.2, 0) is 6.54 Å². The van der Waals surface area contributed by atoms with E-state index in [2.05, 4.69) is 10.2 Å². The van der Waals surface area contributed by atoms with E-state index in [-0.39, 0.29) is 6.04 Å². The first-order chi connectivity index (χ1) is 7.47. The minimum absolute atomic E-state index is 0.279. The van der Waals surface area contributed by atoms with Gasteiger partial charge in [0.25, 0.3) is 0 Å². The molecule has 0 saturated carbocycles. The molecule has 1 aromatic rings. The summed E-state index contributed by atoms with van der Waals surface area (Å²) in [7, 11) is 3.97. The van der Waals surface area contributed by atoms with Crippen molar-refractivity contribution in [3.63, 3.8) is 0 Å². The quantitative estimate of drug-likeness (QED) is 0.829. The van der Waals surface area contributed by atoms with Gasteiger partial charge in [-0.15, -0.1) is 0 Å². The molecule has 1 aromatic carbocycles. The van der Waals surface area contributed by atoms with E-state index in [9.17, 15) is 8.78 Å². The smallest absolute Gasteiger partial charge is 0.126 e. The molecule has 0 aliphatic rings. The Hall–Kier alpha value is -1.00. The molecule has 4 heteroatoms. The number of halogens is 2. The molecule has 1 unspecified atom stereocenters. The molecule has 0 radical (unpaired) electrons. The maximum atomic E-state index is 12.9. The summed E-state index contributed by atoms with van der Waals surface area (Å²) in [5.41, 5.74) is 0.628. The number of nitrogens with zero attached hydrogens (tertiary/aromatic N) is 1. The molecule has 1 rings (SSSR count). The highest BCUT2D eigenvalue weighted by Gasteiger charge is 2.04. The third-order valence-electron chi connectivity index (χ3n) is 2.22. The fourth-order valence-electron chi connectivity index (χ4n) is 1.62.